The van der Waals surface area contributed by atoms with Gasteiger partial charge >= 0.3 is 0 Å². The minimum Gasteiger partial charge on any atom is -0.486 e. The number of amides is 1. The molecule has 2 heterocycles. The second-order valence-electron chi connectivity index (χ2n) is 7.87. The predicted octanol–water partition coefficient (Wildman–Crippen LogP) is 2.11. The fourth-order valence-electron chi connectivity index (χ4n) is 3.77. The number of rotatable bonds is 6. The van der Waals surface area contributed by atoms with E-state index in [1.807, 2.05) is 24.3 Å². The van der Waals surface area contributed by atoms with Gasteiger partial charge in [-0.1, -0.05) is 12.1 Å². The van der Waals surface area contributed by atoms with Crippen molar-refractivity contribution in [1.29, 1.82) is 0 Å². The molecule has 8 nitrogen and oxygen atoms in total. The molecule has 0 aliphatic carbocycles. The van der Waals surface area contributed by atoms with E-state index in [0.29, 0.717) is 23.7 Å². The van der Waals surface area contributed by atoms with Gasteiger partial charge in [0.25, 0.3) is 5.91 Å². The van der Waals surface area contributed by atoms with Crippen LogP contribution in [-0.2, 0) is 10.0 Å². The molecule has 2 aliphatic heterocycles. The zero-order chi connectivity index (χ0) is 22.0. The monoisotopic (exact) mass is 445 g/mol. The van der Waals surface area contributed by atoms with Crippen molar-refractivity contribution in [3.8, 4) is 11.5 Å². The molecule has 31 heavy (non-hydrogen) atoms. The third-order valence-electron chi connectivity index (χ3n) is 5.50. The number of hydrogen-bond donors (Lipinski definition) is 1. The largest absolute Gasteiger partial charge is 0.486 e. The summed E-state index contributed by atoms with van der Waals surface area (Å²) < 4.78 is 38.0. The Bertz CT molecular complexity index is 1060. The third-order valence-corrected chi connectivity index (χ3v) is 7.31. The Balaban J connectivity index is 1.54. The molecule has 4 rings (SSSR count). The summed E-state index contributed by atoms with van der Waals surface area (Å²) in [6.45, 7) is 2.26. The molecule has 2 aliphatic rings. The van der Waals surface area contributed by atoms with Gasteiger partial charge in [-0.05, 0) is 43.2 Å². The Kier molecular flexibility index (Phi) is 6.06. The lowest BCUT2D eigenvalue weighted by Gasteiger charge is -2.27. The van der Waals surface area contributed by atoms with Gasteiger partial charge < -0.3 is 19.7 Å². The molecule has 2 aromatic carbocycles. The molecule has 166 valence electrons. The molecule has 1 fully saturated rings. The van der Waals surface area contributed by atoms with Gasteiger partial charge in [-0.15, -0.1) is 0 Å². The molecular formula is C22H27N3O5S. The van der Waals surface area contributed by atoms with E-state index in [2.05, 4.69) is 10.2 Å². The summed E-state index contributed by atoms with van der Waals surface area (Å²) in [5.41, 5.74) is 1.10. The van der Waals surface area contributed by atoms with Gasteiger partial charge in [0.15, 0.2) is 11.5 Å². The smallest absolute Gasteiger partial charge is 0.253 e. The van der Waals surface area contributed by atoms with Crippen LogP contribution >= 0.6 is 0 Å². The lowest BCUT2D eigenvalue weighted by Crippen LogP contribution is -2.41. The molecule has 0 spiro atoms. The maximum atomic E-state index is 13.1. The number of anilines is 1. The van der Waals surface area contributed by atoms with Crippen molar-refractivity contribution in [2.75, 3.05) is 45.2 Å². The summed E-state index contributed by atoms with van der Waals surface area (Å²) in [6.07, 6.45) is 1.76. The van der Waals surface area contributed by atoms with Crippen LogP contribution in [0.15, 0.2) is 47.4 Å². The van der Waals surface area contributed by atoms with E-state index in [1.54, 1.807) is 12.1 Å². The molecule has 1 saturated heterocycles. The Morgan fingerprint density at radius 2 is 1.84 bits per heavy atom. The topological polar surface area (TPSA) is 88.2 Å². The molecule has 0 radical (unpaired) electrons. The first-order valence-corrected chi connectivity index (χ1v) is 11.8. The predicted molar refractivity (Wildman–Crippen MR) is 117 cm³/mol. The van der Waals surface area contributed by atoms with E-state index in [4.69, 9.17) is 9.47 Å². The van der Waals surface area contributed by atoms with E-state index < -0.39 is 10.0 Å². The number of carbonyl (C=O) groups is 1. The number of fused-ring (bicyclic) bond motifs is 1. The SMILES string of the molecule is CN(C)S(=O)(=O)c1ccc(N2CCCC2)c(C(=O)NC[C@@H]2COc3ccccc3O2)c1. The average molecular weight is 446 g/mol. The molecule has 0 saturated carbocycles. The number of benzene rings is 2. The third kappa shape index (κ3) is 4.47. The molecular weight excluding hydrogens is 418 g/mol. The van der Waals surface area contributed by atoms with Crippen molar-refractivity contribution in [2.24, 2.45) is 0 Å². The Morgan fingerprint density at radius 1 is 1.13 bits per heavy atom. The maximum Gasteiger partial charge on any atom is 0.253 e. The second kappa shape index (κ2) is 8.76. The van der Waals surface area contributed by atoms with Gasteiger partial charge in [0, 0.05) is 32.9 Å². The van der Waals surface area contributed by atoms with Crippen LogP contribution in [0.25, 0.3) is 0 Å². The van der Waals surface area contributed by atoms with Gasteiger partial charge in [0.05, 0.1) is 17.0 Å². The highest BCUT2D eigenvalue weighted by Crippen LogP contribution is 2.31. The molecule has 9 heteroatoms. The highest BCUT2D eigenvalue weighted by Gasteiger charge is 2.26. The van der Waals surface area contributed by atoms with Crippen molar-refractivity contribution in [3.05, 3.63) is 48.0 Å². The number of para-hydroxylation sites is 2. The van der Waals surface area contributed by atoms with Gasteiger partial charge in [-0.3, -0.25) is 4.79 Å². The summed E-state index contributed by atoms with van der Waals surface area (Å²) in [6, 6.07) is 12.2. The van der Waals surface area contributed by atoms with Gasteiger partial charge in [-0.2, -0.15) is 0 Å². The van der Waals surface area contributed by atoms with Crippen LogP contribution in [0.3, 0.4) is 0 Å². The maximum absolute atomic E-state index is 13.1. The van der Waals surface area contributed by atoms with E-state index in [9.17, 15) is 13.2 Å². The van der Waals surface area contributed by atoms with Crippen molar-refractivity contribution >= 4 is 21.6 Å². The normalized spacial score (nSPS) is 18.3. The number of carbonyl (C=O) groups excluding carboxylic acids is 1. The fourth-order valence-corrected chi connectivity index (χ4v) is 4.70. The zero-order valence-corrected chi connectivity index (χ0v) is 18.5. The van der Waals surface area contributed by atoms with E-state index in [-0.39, 0.29) is 23.5 Å². The van der Waals surface area contributed by atoms with Crippen LogP contribution in [0.5, 0.6) is 11.5 Å². The number of sulfonamides is 1. The number of ether oxygens (including phenoxy) is 2. The van der Waals surface area contributed by atoms with E-state index in [0.717, 1.165) is 35.9 Å². The van der Waals surface area contributed by atoms with Crippen LogP contribution < -0.4 is 19.7 Å². The molecule has 1 amide bonds. The first-order chi connectivity index (χ1) is 14.9. The summed E-state index contributed by atoms with van der Waals surface area (Å²) in [5.74, 6) is 0.994. The molecule has 0 aromatic heterocycles. The molecule has 0 bridgehead atoms. The van der Waals surface area contributed by atoms with Crippen molar-refractivity contribution in [2.45, 2.75) is 23.8 Å². The zero-order valence-electron chi connectivity index (χ0n) is 17.7. The molecule has 0 unspecified atom stereocenters. The van der Waals surface area contributed by atoms with Gasteiger partial charge in [-0.25, -0.2) is 12.7 Å². The Morgan fingerprint density at radius 3 is 2.55 bits per heavy atom. The second-order valence-corrected chi connectivity index (χ2v) is 10.0. The van der Waals surface area contributed by atoms with E-state index in [1.165, 1.54) is 20.2 Å². The van der Waals surface area contributed by atoms with Crippen LogP contribution in [-0.4, -0.2) is 65.1 Å². The number of nitrogens with zero attached hydrogens (tertiary/aromatic N) is 2. The summed E-state index contributed by atoms with van der Waals surface area (Å²) in [5, 5.41) is 2.89. The Hall–Kier alpha value is -2.78. The first kappa shape index (κ1) is 21.5. The lowest BCUT2D eigenvalue weighted by molar-refractivity contribution is 0.0789. The minimum absolute atomic E-state index is 0.0942. The van der Waals surface area contributed by atoms with Crippen LogP contribution in [0.1, 0.15) is 23.2 Å². The van der Waals surface area contributed by atoms with Crippen molar-refractivity contribution in [1.82, 2.24) is 9.62 Å². The van der Waals surface area contributed by atoms with Crippen molar-refractivity contribution in [3.63, 3.8) is 0 Å². The lowest BCUT2D eigenvalue weighted by atomic mass is 10.1. The van der Waals surface area contributed by atoms with Crippen LogP contribution in [0.4, 0.5) is 5.69 Å². The molecule has 1 N–H and O–H groups in total. The Labute approximate surface area is 182 Å². The summed E-state index contributed by atoms with van der Waals surface area (Å²) in [7, 11) is -0.704. The van der Waals surface area contributed by atoms with Gasteiger partial charge in [0.2, 0.25) is 10.0 Å². The fraction of sp³-hybridized carbons (Fsp3) is 0.409. The van der Waals surface area contributed by atoms with Crippen LogP contribution in [0.2, 0.25) is 0 Å². The molecule has 1 atom stereocenters. The molecule has 2 aromatic rings. The highest BCUT2D eigenvalue weighted by molar-refractivity contribution is 7.89. The van der Waals surface area contributed by atoms with Gasteiger partial charge in [0.1, 0.15) is 12.7 Å². The summed E-state index contributed by atoms with van der Waals surface area (Å²) >= 11 is 0. The van der Waals surface area contributed by atoms with Crippen molar-refractivity contribution < 1.29 is 22.7 Å². The van der Waals surface area contributed by atoms with E-state index >= 15 is 0 Å². The quantitative estimate of drug-likeness (QED) is 0.733. The summed E-state index contributed by atoms with van der Waals surface area (Å²) in [4.78, 5) is 15.3. The minimum atomic E-state index is -3.65. The standard InChI is InChI=1S/C22H27N3O5S/c1-24(2)31(27,28)17-9-10-19(25-11-5-6-12-25)18(13-17)22(26)23-14-16-15-29-20-7-3-4-8-21(20)30-16/h3-4,7-10,13,16H,5-6,11-12,14-15H2,1-2H3,(H,23,26)/t16-/m1/s1. The number of hydrogen-bond acceptors (Lipinski definition) is 6. The average Bonchev–Trinajstić information content (AvgIpc) is 3.31. The highest BCUT2D eigenvalue weighted by atomic mass is 32.2. The van der Waals surface area contributed by atoms with Crippen LogP contribution in [0, 0.1) is 0 Å². The number of nitrogens with one attached hydrogen (secondary N) is 1. The first-order valence-electron chi connectivity index (χ1n) is 10.3.